The van der Waals surface area contributed by atoms with Crippen LogP contribution in [0, 0.1) is 0 Å². The van der Waals surface area contributed by atoms with Crippen molar-refractivity contribution >= 4 is 48.9 Å². The zero-order valence-corrected chi connectivity index (χ0v) is 15.8. The Balaban J connectivity index is 1.81. The Labute approximate surface area is 167 Å². The number of rotatable bonds is 1. The summed E-state index contributed by atoms with van der Waals surface area (Å²) in [5.74, 6) is 0. The smallest absolute Gasteiger partial charge is 0.0621 e. The van der Waals surface area contributed by atoms with Crippen LogP contribution in [0.1, 0.15) is 0 Å². The van der Waals surface area contributed by atoms with Crippen LogP contribution in [0.3, 0.4) is 0 Å². The summed E-state index contributed by atoms with van der Waals surface area (Å²) >= 11 is 0. The maximum atomic E-state index is 2.45. The topological polar surface area (TPSA) is 4.41 Å². The van der Waals surface area contributed by atoms with Crippen LogP contribution in [0.4, 0.5) is 0 Å². The van der Waals surface area contributed by atoms with Crippen LogP contribution in [-0.2, 0) is 0 Å². The average molecular weight is 367 g/mol. The molecule has 7 rings (SSSR count). The van der Waals surface area contributed by atoms with E-state index in [1.54, 1.807) is 0 Å². The molecule has 0 atom stereocenters. The van der Waals surface area contributed by atoms with E-state index in [-0.39, 0.29) is 0 Å². The van der Waals surface area contributed by atoms with Gasteiger partial charge in [-0.15, -0.1) is 0 Å². The Morgan fingerprint density at radius 3 is 2.07 bits per heavy atom. The van der Waals surface area contributed by atoms with E-state index >= 15 is 0 Å². The molecule has 0 unspecified atom stereocenters. The molecule has 0 saturated carbocycles. The van der Waals surface area contributed by atoms with Crippen LogP contribution in [0.15, 0.2) is 103 Å². The average Bonchev–Trinajstić information content (AvgIpc) is 3.31. The van der Waals surface area contributed by atoms with Crippen molar-refractivity contribution in [3.63, 3.8) is 0 Å². The molecule has 0 aliphatic carbocycles. The molecule has 0 N–H and O–H groups in total. The molecule has 0 bridgehead atoms. The lowest BCUT2D eigenvalue weighted by Crippen LogP contribution is -1.80. The third-order valence-electron chi connectivity index (χ3n) is 6.29. The number of hydrogen-bond donors (Lipinski definition) is 0. The van der Waals surface area contributed by atoms with Gasteiger partial charge in [0.1, 0.15) is 0 Å². The molecule has 1 nitrogen and oxygen atoms in total. The molecule has 0 spiro atoms. The van der Waals surface area contributed by atoms with E-state index < -0.39 is 0 Å². The lowest BCUT2D eigenvalue weighted by Gasteiger charge is -2.05. The van der Waals surface area contributed by atoms with Crippen molar-refractivity contribution in [2.45, 2.75) is 0 Å². The van der Waals surface area contributed by atoms with E-state index in [4.69, 9.17) is 0 Å². The summed E-state index contributed by atoms with van der Waals surface area (Å²) in [4.78, 5) is 0. The second-order valence-electron chi connectivity index (χ2n) is 7.82. The Kier molecular flexibility index (Phi) is 2.80. The van der Waals surface area contributed by atoms with Gasteiger partial charge in [-0.05, 0) is 46.2 Å². The highest BCUT2D eigenvalue weighted by atomic mass is 14.9. The Hall–Kier alpha value is -3.84. The van der Waals surface area contributed by atoms with Gasteiger partial charge in [0.05, 0.1) is 16.6 Å². The van der Waals surface area contributed by atoms with Crippen LogP contribution in [0.25, 0.3) is 60.0 Å². The van der Waals surface area contributed by atoms with Crippen molar-refractivity contribution in [3.8, 4) is 11.1 Å². The van der Waals surface area contributed by atoms with Gasteiger partial charge >= 0.3 is 0 Å². The van der Waals surface area contributed by atoms with Crippen molar-refractivity contribution in [1.82, 2.24) is 4.40 Å². The monoisotopic (exact) mass is 367 g/mol. The first-order chi connectivity index (χ1) is 14.4. The summed E-state index contributed by atoms with van der Waals surface area (Å²) in [5, 5.41) is 7.96. The molecule has 2 heterocycles. The molecule has 0 saturated heterocycles. The highest BCUT2D eigenvalue weighted by Crippen LogP contribution is 2.43. The summed E-state index contributed by atoms with van der Waals surface area (Å²) in [5.41, 5.74) is 6.43. The van der Waals surface area contributed by atoms with Crippen molar-refractivity contribution in [2.75, 3.05) is 0 Å². The number of benzene rings is 5. The predicted octanol–water partition coefficient (Wildman–Crippen LogP) is 7.66. The number of para-hydroxylation sites is 1. The largest absolute Gasteiger partial charge is 0.308 e. The molecule has 5 aromatic carbocycles. The van der Waals surface area contributed by atoms with Gasteiger partial charge in [0.15, 0.2) is 0 Å². The van der Waals surface area contributed by atoms with Gasteiger partial charge in [0, 0.05) is 21.5 Å². The third-order valence-corrected chi connectivity index (χ3v) is 6.29. The van der Waals surface area contributed by atoms with Crippen LogP contribution < -0.4 is 0 Å². The maximum absolute atomic E-state index is 2.45. The SMILES string of the molecule is c1ccc(-c2cc3c4ccccc4n4c5ccc6ccccc6c5c(c2)c34)cc1. The zero-order valence-electron chi connectivity index (χ0n) is 15.8. The molecule has 0 radical (unpaired) electrons. The number of aromatic nitrogens is 1. The number of nitrogens with zero attached hydrogens (tertiary/aromatic N) is 1. The van der Waals surface area contributed by atoms with Gasteiger partial charge in [-0.2, -0.15) is 0 Å². The minimum atomic E-state index is 1.26. The first-order valence-electron chi connectivity index (χ1n) is 10.1. The normalized spacial score (nSPS) is 12.1. The lowest BCUT2D eigenvalue weighted by molar-refractivity contribution is 1.37. The summed E-state index contributed by atoms with van der Waals surface area (Å²) in [6.07, 6.45) is 0. The van der Waals surface area contributed by atoms with Crippen LogP contribution in [0.2, 0.25) is 0 Å². The van der Waals surface area contributed by atoms with Gasteiger partial charge in [0.2, 0.25) is 0 Å². The predicted molar refractivity (Wildman–Crippen MR) is 124 cm³/mol. The summed E-state index contributed by atoms with van der Waals surface area (Å²) in [6.45, 7) is 0. The van der Waals surface area contributed by atoms with E-state index in [0.29, 0.717) is 0 Å². The van der Waals surface area contributed by atoms with E-state index in [1.165, 1.54) is 60.0 Å². The molecule has 1 heteroatoms. The van der Waals surface area contributed by atoms with Crippen LogP contribution >= 0.6 is 0 Å². The molecule has 0 aliphatic heterocycles. The Bertz CT molecular complexity index is 1690. The van der Waals surface area contributed by atoms with E-state index in [1.807, 2.05) is 0 Å². The molecule has 0 aliphatic rings. The Morgan fingerprint density at radius 1 is 0.448 bits per heavy atom. The van der Waals surface area contributed by atoms with E-state index in [0.717, 1.165) is 0 Å². The second kappa shape index (κ2) is 5.36. The summed E-state index contributed by atoms with van der Waals surface area (Å²) in [7, 11) is 0. The van der Waals surface area contributed by atoms with Gasteiger partial charge in [-0.1, -0.05) is 78.9 Å². The molecular weight excluding hydrogens is 350 g/mol. The molecule has 0 fully saturated rings. The van der Waals surface area contributed by atoms with E-state index in [2.05, 4.69) is 108 Å². The van der Waals surface area contributed by atoms with Crippen molar-refractivity contribution in [2.24, 2.45) is 0 Å². The molecule has 134 valence electrons. The maximum Gasteiger partial charge on any atom is 0.0621 e. The molecule has 7 aromatic rings. The molecular formula is C28H17N. The van der Waals surface area contributed by atoms with E-state index in [9.17, 15) is 0 Å². The fourth-order valence-electron chi connectivity index (χ4n) is 5.07. The van der Waals surface area contributed by atoms with Gasteiger partial charge < -0.3 is 4.40 Å². The molecule has 29 heavy (non-hydrogen) atoms. The first-order valence-corrected chi connectivity index (χ1v) is 10.1. The lowest BCUT2D eigenvalue weighted by atomic mass is 9.97. The zero-order chi connectivity index (χ0) is 18.9. The fraction of sp³-hybridized carbons (Fsp3) is 0. The molecule has 0 amide bonds. The van der Waals surface area contributed by atoms with Crippen LogP contribution in [0.5, 0.6) is 0 Å². The quantitative estimate of drug-likeness (QED) is 0.280. The van der Waals surface area contributed by atoms with Crippen molar-refractivity contribution in [3.05, 3.63) is 103 Å². The Morgan fingerprint density at radius 2 is 1.17 bits per heavy atom. The van der Waals surface area contributed by atoms with Gasteiger partial charge in [0.25, 0.3) is 0 Å². The standard InChI is InChI=1S/C28H17N/c1-2-8-18(9-3-1)20-16-23-22-12-6-7-13-25(22)29-26-15-14-19-10-4-5-11-21(19)27(26)24(17-20)28(23)29/h1-17H. The van der Waals surface area contributed by atoms with Gasteiger partial charge in [-0.25, -0.2) is 0 Å². The fourth-order valence-corrected chi connectivity index (χ4v) is 5.07. The molecule has 2 aromatic heterocycles. The summed E-state index contributed by atoms with van der Waals surface area (Å²) in [6, 6.07) is 37.5. The third kappa shape index (κ3) is 1.89. The first kappa shape index (κ1) is 15.1. The highest BCUT2D eigenvalue weighted by molar-refractivity contribution is 6.29. The van der Waals surface area contributed by atoms with Crippen molar-refractivity contribution < 1.29 is 0 Å². The summed E-state index contributed by atoms with van der Waals surface area (Å²) < 4.78 is 2.45. The minimum Gasteiger partial charge on any atom is -0.308 e. The second-order valence-corrected chi connectivity index (χ2v) is 7.82. The van der Waals surface area contributed by atoms with Crippen LogP contribution in [-0.4, -0.2) is 4.40 Å². The minimum absolute atomic E-state index is 1.26. The highest BCUT2D eigenvalue weighted by Gasteiger charge is 2.19. The number of fused-ring (bicyclic) bond motifs is 8. The number of hydrogen-bond acceptors (Lipinski definition) is 0. The van der Waals surface area contributed by atoms with Gasteiger partial charge in [-0.3, -0.25) is 0 Å². The van der Waals surface area contributed by atoms with Crippen molar-refractivity contribution in [1.29, 1.82) is 0 Å².